The second-order valence-corrected chi connectivity index (χ2v) is 7.99. The molecule has 0 bridgehead atoms. The van der Waals surface area contributed by atoms with Gasteiger partial charge in [0, 0.05) is 31.2 Å². The van der Waals surface area contributed by atoms with Crippen LogP contribution in [0, 0.1) is 12.3 Å². The molecule has 1 N–H and O–H groups in total. The Morgan fingerprint density at radius 1 is 1.25 bits per heavy atom. The Kier molecular flexibility index (Phi) is 6.49. The van der Waals surface area contributed by atoms with E-state index in [9.17, 15) is 13.2 Å². The lowest BCUT2D eigenvalue weighted by atomic mass is 10.3. The summed E-state index contributed by atoms with van der Waals surface area (Å²) in [6.07, 6.45) is 5.08. The van der Waals surface area contributed by atoms with Gasteiger partial charge in [0.1, 0.15) is 4.90 Å². The fraction of sp³-hybridized carbons (Fsp3) is 0.400. The lowest BCUT2D eigenvalue weighted by molar-refractivity contribution is -0.122. The molecule has 1 aromatic carbocycles. The normalized spacial score (nSPS) is 16.5. The maximum Gasteiger partial charge on any atom is 0.244 e. The number of benzene rings is 1. The van der Waals surface area contributed by atoms with Crippen LogP contribution in [0.2, 0.25) is 10.0 Å². The Balaban J connectivity index is 2.00. The van der Waals surface area contributed by atoms with Crippen molar-refractivity contribution in [2.75, 3.05) is 39.3 Å². The van der Waals surface area contributed by atoms with Crippen molar-refractivity contribution in [3.63, 3.8) is 0 Å². The highest BCUT2D eigenvalue weighted by Gasteiger charge is 2.30. The molecule has 0 atom stereocenters. The van der Waals surface area contributed by atoms with Gasteiger partial charge in [0.2, 0.25) is 15.9 Å². The first-order valence-electron chi connectivity index (χ1n) is 7.22. The van der Waals surface area contributed by atoms with Gasteiger partial charge in [-0.15, -0.1) is 6.42 Å². The molecular formula is C15H17Cl2N3O3S. The Labute approximate surface area is 151 Å². The highest BCUT2D eigenvalue weighted by atomic mass is 35.5. The summed E-state index contributed by atoms with van der Waals surface area (Å²) in [6, 6.07) is 4.34. The van der Waals surface area contributed by atoms with Gasteiger partial charge in [0.15, 0.2) is 0 Å². The fourth-order valence-electron chi connectivity index (χ4n) is 2.35. The van der Waals surface area contributed by atoms with Crippen molar-refractivity contribution in [2.45, 2.75) is 4.90 Å². The summed E-state index contributed by atoms with van der Waals surface area (Å²) in [6.45, 7) is 1.80. The first-order chi connectivity index (χ1) is 11.3. The zero-order valence-corrected chi connectivity index (χ0v) is 15.2. The van der Waals surface area contributed by atoms with Crippen LogP contribution in [0.1, 0.15) is 0 Å². The van der Waals surface area contributed by atoms with Crippen LogP contribution in [0.5, 0.6) is 0 Å². The molecule has 0 aromatic heterocycles. The summed E-state index contributed by atoms with van der Waals surface area (Å²) in [7, 11) is -3.72. The predicted octanol–water partition coefficient (Wildman–Crippen LogP) is 1.05. The molecule has 24 heavy (non-hydrogen) atoms. The minimum Gasteiger partial charge on any atom is -0.344 e. The minimum absolute atomic E-state index is 0.00289. The number of nitrogens with zero attached hydrogens (tertiary/aromatic N) is 2. The van der Waals surface area contributed by atoms with E-state index in [0.717, 1.165) is 0 Å². The lowest BCUT2D eigenvalue weighted by Crippen LogP contribution is -2.51. The summed E-state index contributed by atoms with van der Waals surface area (Å²) < 4.78 is 26.7. The first-order valence-corrected chi connectivity index (χ1v) is 9.42. The van der Waals surface area contributed by atoms with Crippen LogP contribution in [-0.2, 0) is 14.8 Å². The van der Waals surface area contributed by atoms with E-state index in [-0.39, 0.29) is 42.0 Å². The van der Waals surface area contributed by atoms with E-state index in [2.05, 4.69) is 11.2 Å². The molecule has 1 aliphatic heterocycles. The van der Waals surface area contributed by atoms with Gasteiger partial charge < -0.3 is 5.32 Å². The molecule has 1 fully saturated rings. The monoisotopic (exact) mass is 389 g/mol. The summed E-state index contributed by atoms with van der Waals surface area (Å²) in [4.78, 5) is 13.5. The smallest absolute Gasteiger partial charge is 0.244 e. The number of amides is 1. The van der Waals surface area contributed by atoms with Gasteiger partial charge in [-0.1, -0.05) is 29.1 Å². The number of carbonyl (C=O) groups excluding carboxylic acids is 1. The number of nitrogens with one attached hydrogen (secondary N) is 1. The average molecular weight is 390 g/mol. The number of hydrogen-bond donors (Lipinski definition) is 1. The van der Waals surface area contributed by atoms with Crippen LogP contribution in [0.25, 0.3) is 0 Å². The zero-order valence-electron chi connectivity index (χ0n) is 12.8. The number of piperazine rings is 1. The largest absolute Gasteiger partial charge is 0.344 e. The number of terminal acetylenes is 1. The molecule has 1 aliphatic rings. The molecule has 0 aliphatic carbocycles. The molecule has 1 heterocycles. The number of halogens is 2. The summed E-state index contributed by atoms with van der Waals surface area (Å²) in [5, 5.41) is 3.02. The van der Waals surface area contributed by atoms with Crippen molar-refractivity contribution in [1.29, 1.82) is 0 Å². The molecule has 0 spiro atoms. The van der Waals surface area contributed by atoms with Crippen LogP contribution in [0.4, 0.5) is 0 Å². The van der Waals surface area contributed by atoms with E-state index in [1.807, 2.05) is 4.90 Å². The maximum atomic E-state index is 12.7. The molecule has 0 saturated carbocycles. The van der Waals surface area contributed by atoms with Gasteiger partial charge in [-0.05, 0) is 18.2 Å². The number of rotatable bonds is 5. The number of carbonyl (C=O) groups is 1. The molecule has 2 rings (SSSR count). The molecule has 130 valence electrons. The van der Waals surface area contributed by atoms with E-state index in [4.69, 9.17) is 29.6 Å². The Morgan fingerprint density at radius 2 is 1.92 bits per heavy atom. The molecule has 0 radical (unpaired) electrons. The molecule has 6 nitrogen and oxygen atoms in total. The molecule has 1 amide bonds. The topological polar surface area (TPSA) is 69.7 Å². The van der Waals surface area contributed by atoms with E-state index in [0.29, 0.717) is 18.1 Å². The van der Waals surface area contributed by atoms with Crippen molar-refractivity contribution >= 4 is 39.1 Å². The molecule has 1 aromatic rings. The van der Waals surface area contributed by atoms with Crippen LogP contribution in [0.3, 0.4) is 0 Å². The van der Waals surface area contributed by atoms with Crippen molar-refractivity contribution in [3.05, 3.63) is 28.2 Å². The highest BCUT2D eigenvalue weighted by Crippen LogP contribution is 2.28. The van der Waals surface area contributed by atoms with Crippen LogP contribution in [-0.4, -0.2) is 62.8 Å². The van der Waals surface area contributed by atoms with Gasteiger partial charge in [0.25, 0.3) is 0 Å². The Hall–Kier alpha value is -1.30. The molecule has 0 unspecified atom stereocenters. The summed E-state index contributed by atoms with van der Waals surface area (Å²) in [5.74, 6) is 2.15. The van der Waals surface area contributed by atoms with Crippen molar-refractivity contribution < 1.29 is 13.2 Å². The Bertz CT molecular complexity index is 754. The molecule has 1 saturated heterocycles. The molecule has 9 heteroatoms. The average Bonchev–Trinajstić information content (AvgIpc) is 2.55. The van der Waals surface area contributed by atoms with Crippen molar-refractivity contribution in [1.82, 2.24) is 14.5 Å². The second-order valence-electron chi connectivity index (χ2n) is 5.24. The standard InChI is InChI=1S/C15H17Cl2N3O3S/c1-2-5-18-15(21)11-19-6-8-20(9-7-19)24(22,23)14-10-12(16)3-4-13(14)17/h1,3-4,10H,5-9,11H2,(H,18,21). The number of sulfonamides is 1. The van der Waals surface area contributed by atoms with E-state index < -0.39 is 10.0 Å². The zero-order chi connectivity index (χ0) is 17.7. The maximum absolute atomic E-state index is 12.7. The third kappa shape index (κ3) is 4.62. The number of hydrogen-bond acceptors (Lipinski definition) is 4. The van der Waals surface area contributed by atoms with Crippen LogP contribution < -0.4 is 5.32 Å². The third-order valence-electron chi connectivity index (χ3n) is 3.60. The van der Waals surface area contributed by atoms with Gasteiger partial charge in [0.05, 0.1) is 18.1 Å². The van der Waals surface area contributed by atoms with Gasteiger partial charge in [-0.25, -0.2) is 8.42 Å². The minimum atomic E-state index is -3.72. The van der Waals surface area contributed by atoms with Crippen molar-refractivity contribution in [3.8, 4) is 12.3 Å². The lowest BCUT2D eigenvalue weighted by Gasteiger charge is -2.33. The Morgan fingerprint density at radius 3 is 2.54 bits per heavy atom. The van der Waals surface area contributed by atoms with Gasteiger partial charge in [-0.3, -0.25) is 9.69 Å². The highest BCUT2D eigenvalue weighted by molar-refractivity contribution is 7.89. The van der Waals surface area contributed by atoms with Gasteiger partial charge >= 0.3 is 0 Å². The predicted molar refractivity (Wildman–Crippen MR) is 93.5 cm³/mol. The van der Waals surface area contributed by atoms with Crippen molar-refractivity contribution in [2.24, 2.45) is 0 Å². The van der Waals surface area contributed by atoms with E-state index in [1.165, 1.54) is 22.5 Å². The fourth-order valence-corrected chi connectivity index (χ4v) is 4.51. The summed E-state index contributed by atoms with van der Waals surface area (Å²) >= 11 is 11.9. The van der Waals surface area contributed by atoms with Gasteiger partial charge in [-0.2, -0.15) is 4.31 Å². The second kappa shape index (κ2) is 8.19. The quantitative estimate of drug-likeness (QED) is 0.764. The SMILES string of the molecule is C#CCNC(=O)CN1CCN(S(=O)(=O)c2cc(Cl)ccc2Cl)CC1. The summed E-state index contributed by atoms with van der Waals surface area (Å²) in [5.41, 5.74) is 0. The van der Waals surface area contributed by atoms with E-state index >= 15 is 0 Å². The van der Waals surface area contributed by atoms with Crippen LogP contribution >= 0.6 is 23.2 Å². The molecular weight excluding hydrogens is 373 g/mol. The first kappa shape index (κ1) is 19.0. The van der Waals surface area contributed by atoms with E-state index in [1.54, 1.807) is 0 Å². The van der Waals surface area contributed by atoms with Crippen LogP contribution in [0.15, 0.2) is 23.1 Å². The third-order valence-corrected chi connectivity index (χ3v) is 6.21.